The van der Waals surface area contributed by atoms with Crippen molar-refractivity contribution >= 4 is 21.6 Å². The number of hydrogen-bond acceptors (Lipinski definition) is 5. The lowest BCUT2D eigenvalue weighted by molar-refractivity contribution is 0.149. The van der Waals surface area contributed by atoms with Crippen molar-refractivity contribution in [2.45, 2.75) is 19.1 Å². The van der Waals surface area contributed by atoms with Gasteiger partial charge in [-0.25, -0.2) is 4.98 Å². The van der Waals surface area contributed by atoms with Gasteiger partial charge in [0.25, 0.3) is 5.56 Å². The number of hydrogen-bond donors (Lipinski definition) is 2. The largest absolute Gasteiger partial charge is 0.390 e. The van der Waals surface area contributed by atoms with E-state index >= 15 is 0 Å². The molecule has 17 heavy (non-hydrogen) atoms. The zero-order chi connectivity index (χ0) is 12.0. The molecule has 1 aliphatic heterocycles. The third-order valence-electron chi connectivity index (χ3n) is 3.19. The molecule has 2 atom stereocenters. The van der Waals surface area contributed by atoms with E-state index in [0.29, 0.717) is 17.8 Å². The molecule has 5 nitrogen and oxygen atoms in total. The summed E-state index contributed by atoms with van der Waals surface area (Å²) in [6, 6.07) is -0.207. The molecule has 2 N–H and O–H groups in total. The van der Waals surface area contributed by atoms with E-state index < -0.39 is 6.10 Å². The molecule has 0 radical (unpaired) electrons. The zero-order valence-electron chi connectivity index (χ0n) is 9.38. The fourth-order valence-electron chi connectivity index (χ4n) is 2.21. The van der Waals surface area contributed by atoms with Crippen molar-refractivity contribution < 1.29 is 5.11 Å². The number of β-amino-alcohol motifs (C(OH)–C–C–N with tert-alkyl or cyclic N) is 1. The molecule has 0 amide bonds. The average molecular weight is 251 g/mol. The lowest BCUT2D eigenvalue weighted by atomic mass is 10.2. The van der Waals surface area contributed by atoms with Crippen LogP contribution < -0.4 is 10.9 Å². The molecule has 0 aromatic carbocycles. The minimum absolute atomic E-state index is 0.0548. The summed E-state index contributed by atoms with van der Waals surface area (Å²) in [6.45, 7) is 3.08. The molecular weight excluding hydrogens is 238 g/mol. The minimum atomic E-state index is -0.520. The predicted molar refractivity (Wildman–Crippen MR) is 66.5 cm³/mol. The van der Waals surface area contributed by atoms with Crippen molar-refractivity contribution in [2.75, 3.05) is 13.1 Å². The van der Waals surface area contributed by atoms with Gasteiger partial charge in [-0.2, -0.15) is 0 Å². The molecule has 0 bridgehead atoms. The maximum atomic E-state index is 12.3. The average Bonchev–Trinajstić information content (AvgIpc) is 2.88. The third kappa shape index (κ3) is 1.60. The summed E-state index contributed by atoms with van der Waals surface area (Å²) in [6.07, 6.45) is 1.03. The Balaban J connectivity index is 2.18. The van der Waals surface area contributed by atoms with Crippen molar-refractivity contribution in [2.24, 2.45) is 0 Å². The summed E-state index contributed by atoms with van der Waals surface area (Å²) in [4.78, 5) is 16.6. The SMILES string of the molecule is Cc1csc2c(=O)n([C@@H]3CNC[C@H]3O)cnc12. The van der Waals surface area contributed by atoms with Gasteiger partial charge in [0.05, 0.1) is 24.0 Å². The first-order valence-electron chi connectivity index (χ1n) is 5.52. The van der Waals surface area contributed by atoms with Gasteiger partial charge in [0, 0.05) is 13.1 Å². The number of fused-ring (bicyclic) bond motifs is 1. The molecule has 0 spiro atoms. The van der Waals surface area contributed by atoms with Crippen molar-refractivity contribution in [1.29, 1.82) is 0 Å². The van der Waals surface area contributed by atoms with Gasteiger partial charge in [-0.1, -0.05) is 0 Å². The molecule has 6 heteroatoms. The number of thiophene rings is 1. The second-order valence-electron chi connectivity index (χ2n) is 4.35. The summed E-state index contributed by atoms with van der Waals surface area (Å²) in [5.41, 5.74) is 1.75. The first kappa shape index (κ1) is 10.9. The van der Waals surface area contributed by atoms with Crippen LogP contribution in [0.15, 0.2) is 16.5 Å². The molecule has 1 saturated heterocycles. The minimum Gasteiger partial charge on any atom is -0.390 e. The van der Waals surface area contributed by atoms with E-state index in [2.05, 4.69) is 10.3 Å². The lowest BCUT2D eigenvalue weighted by Crippen LogP contribution is -2.31. The number of aliphatic hydroxyl groups is 1. The predicted octanol–water partition coefficient (Wildman–Crippen LogP) is 0.272. The second-order valence-corrected chi connectivity index (χ2v) is 5.23. The first-order chi connectivity index (χ1) is 8.18. The van der Waals surface area contributed by atoms with Gasteiger partial charge in [-0.15, -0.1) is 11.3 Å². The van der Waals surface area contributed by atoms with Gasteiger partial charge in [0.2, 0.25) is 0 Å². The van der Waals surface area contributed by atoms with Gasteiger partial charge in [-0.05, 0) is 17.9 Å². The van der Waals surface area contributed by atoms with Gasteiger partial charge >= 0.3 is 0 Å². The van der Waals surface area contributed by atoms with Gasteiger partial charge in [0.15, 0.2) is 0 Å². The summed E-state index contributed by atoms with van der Waals surface area (Å²) in [5, 5.41) is 14.8. The van der Waals surface area contributed by atoms with Crippen LogP contribution in [-0.2, 0) is 0 Å². The van der Waals surface area contributed by atoms with E-state index in [-0.39, 0.29) is 11.6 Å². The molecule has 0 unspecified atom stereocenters. The monoisotopic (exact) mass is 251 g/mol. The molecule has 1 aliphatic rings. The van der Waals surface area contributed by atoms with Gasteiger partial charge in [0.1, 0.15) is 4.70 Å². The van der Waals surface area contributed by atoms with Crippen LogP contribution in [0.1, 0.15) is 11.6 Å². The molecule has 0 saturated carbocycles. The van der Waals surface area contributed by atoms with Crippen LogP contribution in [0.2, 0.25) is 0 Å². The smallest absolute Gasteiger partial charge is 0.271 e. The van der Waals surface area contributed by atoms with Gasteiger partial charge < -0.3 is 10.4 Å². The van der Waals surface area contributed by atoms with Crippen LogP contribution in [0, 0.1) is 6.92 Å². The molecule has 90 valence electrons. The number of nitrogens with zero attached hydrogens (tertiary/aromatic N) is 2. The summed E-state index contributed by atoms with van der Waals surface area (Å²) in [7, 11) is 0. The molecule has 0 aliphatic carbocycles. The van der Waals surface area contributed by atoms with E-state index in [1.165, 1.54) is 11.3 Å². The highest BCUT2D eigenvalue weighted by Crippen LogP contribution is 2.21. The highest BCUT2D eigenvalue weighted by atomic mass is 32.1. The highest BCUT2D eigenvalue weighted by molar-refractivity contribution is 7.17. The van der Waals surface area contributed by atoms with Crippen LogP contribution in [0.4, 0.5) is 0 Å². The maximum absolute atomic E-state index is 12.3. The normalized spacial score (nSPS) is 24.6. The quantitative estimate of drug-likeness (QED) is 0.763. The fraction of sp³-hybridized carbons (Fsp3) is 0.455. The molecule has 3 heterocycles. The molecule has 2 aromatic heterocycles. The Morgan fingerprint density at radius 2 is 2.41 bits per heavy atom. The van der Waals surface area contributed by atoms with E-state index in [0.717, 1.165) is 11.1 Å². The van der Waals surface area contributed by atoms with Crippen molar-refractivity contribution in [3.63, 3.8) is 0 Å². The Morgan fingerprint density at radius 3 is 3.12 bits per heavy atom. The Hall–Kier alpha value is -1.24. The van der Waals surface area contributed by atoms with Crippen LogP contribution in [0.3, 0.4) is 0 Å². The number of aromatic nitrogens is 2. The lowest BCUT2D eigenvalue weighted by Gasteiger charge is -2.15. The molecule has 3 rings (SSSR count). The molecule has 1 fully saturated rings. The summed E-state index contributed by atoms with van der Waals surface area (Å²) < 4.78 is 2.22. The van der Waals surface area contributed by atoms with Crippen LogP contribution in [-0.4, -0.2) is 33.9 Å². The highest BCUT2D eigenvalue weighted by Gasteiger charge is 2.28. The third-order valence-corrected chi connectivity index (χ3v) is 4.27. The summed E-state index contributed by atoms with van der Waals surface area (Å²) in [5.74, 6) is 0. The van der Waals surface area contributed by atoms with Crippen molar-refractivity contribution in [3.8, 4) is 0 Å². The molecule has 2 aromatic rings. The van der Waals surface area contributed by atoms with Gasteiger partial charge in [-0.3, -0.25) is 9.36 Å². The first-order valence-corrected chi connectivity index (χ1v) is 6.40. The van der Waals surface area contributed by atoms with Crippen molar-refractivity contribution in [3.05, 3.63) is 27.6 Å². The van der Waals surface area contributed by atoms with Crippen molar-refractivity contribution in [1.82, 2.24) is 14.9 Å². The number of rotatable bonds is 1. The number of aliphatic hydroxyl groups excluding tert-OH is 1. The Morgan fingerprint density at radius 1 is 1.59 bits per heavy atom. The fourth-order valence-corrected chi connectivity index (χ4v) is 3.15. The van der Waals surface area contributed by atoms with E-state index in [9.17, 15) is 9.90 Å². The Kier molecular flexibility index (Phi) is 2.50. The van der Waals surface area contributed by atoms with E-state index in [1.807, 2.05) is 12.3 Å². The van der Waals surface area contributed by atoms with Crippen LogP contribution in [0.5, 0.6) is 0 Å². The second kappa shape index (κ2) is 3.90. The maximum Gasteiger partial charge on any atom is 0.271 e. The summed E-state index contributed by atoms with van der Waals surface area (Å²) >= 11 is 1.42. The topological polar surface area (TPSA) is 67.2 Å². The standard InChI is InChI=1S/C11H13N3O2S/c1-6-4-17-10-9(6)13-5-14(11(10)16)7-2-12-3-8(7)15/h4-5,7-8,12,15H,2-3H2,1H3/t7-,8-/m1/s1. The Bertz CT molecular complexity index is 619. The van der Waals surface area contributed by atoms with Crippen LogP contribution in [0.25, 0.3) is 10.2 Å². The zero-order valence-corrected chi connectivity index (χ0v) is 10.2. The Labute approximate surface area is 102 Å². The van der Waals surface area contributed by atoms with E-state index in [1.54, 1.807) is 10.9 Å². The number of nitrogens with one attached hydrogen (secondary N) is 1. The molecular formula is C11H13N3O2S. The van der Waals surface area contributed by atoms with Crippen LogP contribution >= 0.6 is 11.3 Å². The number of aryl methyl sites for hydroxylation is 1. The van der Waals surface area contributed by atoms with E-state index in [4.69, 9.17) is 0 Å².